The Morgan fingerprint density at radius 3 is 2.63 bits per heavy atom. The molecule has 1 spiro atoms. The van der Waals surface area contributed by atoms with Gasteiger partial charge in [-0.15, -0.1) is 0 Å². The van der Waals surface area contributed by atoms with Crippen LogP contribution in [-0.2, 0) is 29.7 Å². The normalized spacial score (nSPS) is 21.4. The predicted octanol–water partition coefficient (Wildman–Crippen LogP) is 3.29. The molecular formula is C23H29NO3. The molecule has 4 rings (SSSR count). The van der Waals surface area contributed by atoms with Gasteiger partial charge in [0.1, 0.15) is 5.75 Å². The third-order valence-electron chi connectivity index (χ3n) is 6.40. The number of rotatable bonds is 5. The quantitative estimate of drug-likeness (QED) is 0.881. The zero-order chi connectivity index (χ0) is 18.9. The van der Waals surface area contributed by atoms with E-state index < -0.39 is 0 Å². The van der Waals surface area contributed by atoms with Gasteiger partial charge in [0.15, 0.2) is 0 Å². The number of fused-ring (bicyclic) bond motifs is 2. The van der Waals surface area contributed by atoms with E-state index in [1.165, 1.54) is 16.7 Å². The summed E-state index contributed by atoms with van der Waals surface area (Å²) in [7, 11) is 3.41. The van der Waals surface area contributed by atoms with Gasteiger partial charge in [-0.25, -0.2) is 0 Å². The largest absolute Gasteiger partial charge is 0.496 e. The zero-order valence-electron chi connectivity index (χ0n) is 16.3. The van der Waals surface area contributed by atoms with Crippen molar-refractivity contribution in [3.05, 3.63) is 64.7 Å². The third-order valence-corrected chi connectivity index (χ3v) is 6.40. The molecule has 144 valence electrons. The van der Waals surface area contributed by atoms with Crippen LogP contribution in [0.25, 0.3) is 0 Å². The smallest absolute Gasteiger partial charge is 0.124 e. The molecule has 1 fully saturated rings. The molecule has 2 aromatic rings. The lowest BCUT2D eigenvalue weighted by Gasteiger charge is -2.42. The second-order valence-corrected chi connectivity index (χ2v) is 7.89. The fourth-order valence-electron chi connectivity index (χ4n) is 4.94. The van der Waals surface area contributed by atoms with E-state index in [2.05, 4.69) is 41.3 Å². The average molecular weight is 367 g/mol. The van der Waals surface area contributed by atoms with E-state index in [-0.39, 0.29) is 11.5 Å². The second kappa shape index (κ2) is 7.63. The van der Waals surface area contributed by atoms with E-state index in [1.54, 1.807) is 14.2 Å². The number of ether oxygens (including phenoxy) is 2. The van der Waals surface area contributed by atoms with Gasteiger partial charge in [-0.2, -0.15) is 0 Å². The molecule has 1 atom stereocenters. The lowest BCUT2D eigenvalue weighted by Crippen LogP contribution is -2.47. The van der Waals surface area contributed by atoms with Crippen LogP contribution in [0.15, 0.2) is 42.5 Å². The summed E-state index contributed by atoms with van der Waals surface area (Å²) in [6.45, 7) is 3.51. The van der Waals surface area contributed by atoms with Crippen molar-refractivity contribution in [3.8, 4) is 5.75 Å². The number of hydrogen-bond donors (Lipinski definition) is 1. The van der Waals surface area contributed by atoms with Gasteiger partial charge in [0, 0.05) is 24.6 Å². The standard InChI is InChI=1S/C23H29NO3/c1-26-16-19-13-17(7-8-21(19)27-2)15-24-11-9-23(10-12-24)20-6-4-3-5-18(20)14-22(23)25/h3-8,13,22,25H,9-12,14-16H2,1-2H3/t22-/m1/s1. The summed E-state index contributed by atoms with van der Waals surface area (Å²) in [4.78, 5) is 2.50. The Bertz CT molecular complexity index is 796. The first-order valence-corrected chi connectivity index (χ1v) is 9.80. The van der Waals surface area contributed by atoms with Gasteiger partial charge in [0.2, 0.25) is 0 Å². The zero-order valence-corrected chi connectivity index (χ0v) is 16.3. The number of benzene rings is 2. The Morgan fingerprint density at radius 2 is 1.89 bits per heavy atom. The molecule has 0 amide bonds. The molecule has 2 aromatic carbocycles. The summed E-state index contributed by atoms with van der Waals surface area (Å²) in [6, 6.07) is 15.0. The van der Waals surface area contributed by atoms with Crippen LogP contribution in [0.3, 0.4) is 0 Å². The third kappa shape index (κ3) is 3.38. The number of aliphatic hydroxyl groups is 1. The van der Waals surface area contributed by atoms with Gasteiger partial charge in [-0.1, -0.05) is 30.3 Å². The van der Waals surface area contributed by atoms with Gasteiger partial charge >= 0.3 is 0 Å². The highest BCUT2D eigenvalue weighted by atomic mass is 16.5. The van der Waals surface area contributed by atoms with E-state index in [0.717, 1.165) is 50.2 Å². The highest BCUT2D eigenvalue weighted by Crippen LogP contribution is 2.46. The van der Waals surface area contributed by atoms with Crippen molar-refractivity contribution in [1.82, 2.24) is 4.90 Å². The summed E-state index contributed by atoms with van der Waals surface area (Å²) in [6.07, 6.45) is 2.60. The second-order valence-electron chi connectivity index (χ2n) is 7.89. The molecule has 4 heteroatoms. The first kappa shape index (κ1) is 18.5. The minimum absolute atomic E-state index is 0.0474. The number of piperidine rings is 1. The molecule has 2 aliphatic rings. The topological polar surface area (TPSA) is 41.9 Å². The van der Waals surface area contributed by atoms with Crippen molar-refractivity contribution < 1.29 is 14.6 Å². The van der Waals surface area contributed by atoms with Crippen LogP contribution in [0.1, 0.15) is 35.1 Å². The molecule has 1 heterocycles. The van der Waals surface area contributed by atoms with Crippen molar-refractivity contribution in [3.63, 3.8) is 0 Å². The van der Waals surface area contributed by atoms with Crippen LogP contribution >= 0.6 is 0 Å². The number of methoxy groups -OCH3 is 2. The number of aliphatic hydroxyl groups excluding tert-OH is 1. The molecule has 1 aliphatic carbocycles. The number of hydrogen-bond acceptors (Lipinski definition) is 4. The van der Waals surface area contributed by atoms with Crippen molar-refractivity contribution in [1.29, 1.82) is 0 Å². The van der Waals surface area contributed by atoms with Crippen molar-refractivity contribution >= 4 is 0 Å². The Kier molecular flexibility index (Phi) is 5.22. The van der Waals surface area contributed by atoms with Crippen molar-refractivity contribution in [2.45, 2.75) is 43.9 Å². The first-order chi connectivity index (χ1) is 13.2. The minimum atomic E-state index is -0.244. The van der Waals surface area contributed by atoms with E-state index in [1.807, 2.05) is 6.07 Å². The molecule has 0 bridgehead atoms. The van der Waals surface area contributed by atoms with Gasteiger partial charge in [0.05, 0.1) is 19.8 Å². The Balaban J connectivity index is 1.45. The number of nitrogens with zero attached hydrogens (tertiary/aromatic N) is 1. The molecule has 0 saturated carbocycles. The van der Waals surface area contributed by atoms with Crippen LogP contribution in [0.4, 0.5) is 0 Å². The molecule has 1 aliphatic heterocycles. The van der Waals surface area contributed by atoms with Crippen LogP contribution in [0.2, 0.25) is 0 Å². The monoisotopic (exact) mass is 367 g/mol. The Labute approximate surface area is 161 Å². The summed E-state index contributed by atoms with van der Waals surface area (Å²) in [5, 5.41) is 10.8. The van der Waals surface area contributed by atoms with E-state index in [0.29, 0.717) is 6.61 Å². The maximum absolute atomic E-state index is 10.8. The van der Waals surface area contributed by atoms with Crippen LogP contribution in [0.5, 0.6) is 5.75 Å². The van der Waals surface area contributed by atoms with Crippen LogP contribution in [0, 0.1) is 0 Å². The summed E-state index contributed by atoms with van der Waals surface area (Å²) < 4.78 is 10.7. The maximum atomic E-state index is 10.8. The number of likely N-dealkylation sites (tertiary alicyclic amines) is 1. The summed E-state index contributed by atoms with van der Waals surface area (Å²) in [5.41, 5.74) is 5.04. The molecule has 0 radical (unpaired) electrons. The van der Waals surface area contributed by atoms with Crippen molar-refractivity contribution in [2.75, 3.05) is 27.3 Å². The Hall–Kier alpha value is -1.88. The summed E-state index contributed by atoms with van der Waals surface area (Å²) >= 11 is 0. The first-order valence-electron chi connectivity index (χ1n) is 9.80. The van der Waals surface area contributed by atoms with Gasteiger partial charge in [0.25, 0.3) is 0 Å². The fraction of sp³-hybridized carbons (Fsp3) is 0.478. The van der Waals surface area contributed by atoms with E-state index in [9.17, 15) is 5.11 Å². The summed E-state index contributed by atoms with van der Waals surface area (Å²) in [5.74, 6) is 0.879. The molecule has 4 nitrogen and oxygen atoms in total. The fourth-order valence-corrected chi connectivity index (χ4v) is 4.94. The van der Waals surface area contributed by atoms with Crippen molar-refractivity contribution in [2.24, 2.45) is 0 Å². The maximum Gasteiger partial charge on any atom is 0.124 e. The SMILES string of the molecule is COCc1cc(CN2CCC3(CC2)c2ccccc2C[C@H]3O)ccc1OC. The van der Waals surface area contributed by atoms with E-state index >= 15 is 0 Å². The van der Waals surface area contributed by atoms with Gasteiger partial charge < -0.3 is 14.6 Å². The highest BCUT2D eigenvalue weighted by Gasteiger charge is 2.47. The molecule has 1 saturated heterocycles. The lowest BCUT2D eigenvalue weighted by atomic mass is 9.72. The van der Waals surface area contributed by atoms with Gasteiger partial charge in [-0.3, -0.25) is 4.90 Å². The van der Waals surface area contributed by atoms with Crippen LogP contribution in [-0.4, -0.2) is 43.4 Å². The lowest BCUT2D eigenvalue weighted by molar-refractivity contribution is 0.0413. The van der Waals surface area contributed by atoms with E-state index in [4.69, 9.17) is 9.47 Å². The molecule has 0 aromatic heterocycles. The Morgan fingerprint density at radius 1 is 1.11 bits per heavy atom. The van der Waals surface area contributed by atoms with Crippen LogP contribution < -0.4 is 4.74 Å². The molecule has 0 unspecified atom stereocenters. The molecule has 1 N–H and O–H groups in total. The molecule has 27 heavy (non-hydrogen) atoms. The van der Waals surface area contributed by atoms with Gasteiger partial charge in [-0.05, 0) is 61.2 Å². The predicted molar refractivity (Wildman–Crippen MR) is 106 cm³/mol. The average Bonchev–Trinajstić information content (AvgIpc) is 2.96. The highest BCUT2D eigenvalue weighted by molar-refractivity contribution is 5.42. The minimum Gasteiger partial charge on any atom is -0.496 e. The molecular weight excluding hydrogens is 338 g/mol.